The zero-order chi connectivity index (χ0) is 21.6. The monoisotopic (exact) mass is 406 g/mol. The van der Waals surface area contributed by atoms with Crippen molar-refractivity contribution in [3.8, 4) is 23.3 Å². The Morgan fingerprint density at radius 3 is 2.14 bits per heavy atom. The number of nitrogens with zero attached hydrogens (tertiary/aromatic N) is 1. The first kappa shape index (κ1) is 21.6. The lowest BCUT2D eigenvalue weighted by Gasteiger charge is -2.14. The third kappa shape index (κ3) is 4.99. The van der Waals surface area contributed by atoms with Crippen LogP contribution >= 0.6 is 0 Å². The van der Waals surface area contributed by atoms with Crippen LogP contribution in [0.3, 0.4) is 0 Å². The maximum absolute atomic E-state index is 13.1. The summed E-state index contributed by atoms with van der Waals surface area (Å²) >= 11 is 0. The van der Waals surface area contributed by atoms with Crippen LogP contribution in [-0.2, 0) is 11.0 Å². The van der Waals surface area contributed by atoms with Crippen LogP contribution in [0.1, 0.15) is 11.1 Å². The molecule has 2 aromatic carbocycles. The highest BCUT2D eigenvalue weighted by atomic mass is 19.4. The molecule has 0 aliphatic carbocycles. The molecule has 0 heterocycles. The highest BCUT2D eigenvalue weighted by molar-refractivity contribution is 6.10. The van der Waals surface area contributed by atoms with Crippen LogP contribution < -0.4 is 19.5 Å². The molecule has 0 aliphatic rings. The highest BCUT2D eigenvalue weighted by Crippen LogP contribution is 2.39. The summed E-state index contributed by atoms with van der Waals surface area (Å²) in [4.78, 5) is 12.4. The SMILES string of the molecule is COc1cc(C=C(C#N)C(=O)Nc2ccccc2C(F)(F)F)cc(OC)c1OC. The minimum atomic E-state index is -4.66. The minimum absolute atomic E-state index is 0.290. The van der Waals surface area contributed by atoms with E-state index in [2.05, 4.69) is 5.32 Å². The van der Waals surface area contributed by atoms with Gasteiger partial charge in [0.25, 0.3) is 5.91 Å². The number of alkyl halides is 3. The average molecular weight is 406 g/mol. The molecule has 1 amide bonds. The van der Waals surface area contributed by atoms with E-state index >= 15 is 0 Å². The van der Waals surface area contributed by atoms with Crippen molar-refractivity contribution >= 4 is 17.7 Å². The number of methoxy groups -OCH3 is 3. The first-order valence-electron chi connectivity index (χ1n) is 8.14. The number of nitriles is 1. The number of para-hydroxylation sites is 1. The van der Waals surface area contributed by atoms with Gasteiger partial charge in [-0.1, -0.05) is 12.1 Å². The van der Waals surface area contributed by atoms with E-state index in [9.17, 15) is 23.2 Å². The molecule has 0 saturated heterocycles. The molecule has 29 heavy (non-hydrogen) atoms. The largest absolute Gasteiger partial charge is 0.493 e. The fraction of sp³-hybridized carbons (Fsp3) is 0.200. The van der Waals surface area contributed by atoms with Crippen LogP contribution in [-0.4, -0.2) is 27.2 Å². The Morgan fingerprint density at radius 1 is 1.07 bits per heavy atom. The van der Waals surface area contributed by atoms with E-state index in [0.29, 0.717) is 22.8 Å². The quantitative estimate of drug-likeness (QED) is 0.572. The van der Waals surface area contributed by atoms with Crippen LogP contribution in [0.2, 0.25) is 0 Å². The number of ether oxygens (including phenoxy) is 3. The van der Waals surface area contributed by atoms with Crippen LogP contribution in [0.4, 0.5) is 18.9 Å². The molecule has 0 unspecified atom stereocenters. The van der Waals surface area contributed by atoms with Gasteiger partial charge < -0.3 is 19.5 Å². The molecule has 0 saturated carbocycles. The molecule has 0 atom stereocenters. The van der Waals surface area contributed by atoms with Crippen molar-refractivity contribution in [1.82, 2.24) is 0 Å². The maximum atomic E-state index is 13.1. The van der Waals surface area contributed by atoms with E-state index in [-0.39, 0.29) is 0 Å². The van der Waals surface area contributed by atoms with E-state index in [1.807, 2.05) is 0 Å². The van der Waals surface area contributed by atoms with Crippen molar-refractivity contribution in [2.24, 2.45) is 0 Å². The second-order valence-corrected chi connectivity index (χ2v) is 5.63. The number of carbonyl (C=O) groups is 1. The number of benzene rings is 2. The summed E-state index contributed by atoms with van der Waals surface area (Å²) in [6, 6.07) is 9.17. The molecule has 0 fully saturated rings. The predicted molar refractivity (Wildman–Crippen MR) is 99.8 cm³/mol. The molecule has 2 aromatic rings. The molecule has 0 spiro atoms. The van der Waals surface area contributed by atoms with Crippen molar-refractivity contribution in [2.75, 3.05) is 26.6 Å². The zero-order valence-electron chi connectivity index (χ0n) is 15.8. The van der Waals surface area contributed by atoms with Crippen LogP contribution in [0.5, 0.6) is 17.2 Å². The van der Waals surface area contributed by atoms with Gasteiger partial charge in [0.1, 0.15) is 11.6 Å². The van der Waals surface area contributed by atoms with Gasteiger partial charge in [-0.2, -0.15) is 18.4 Å². The van der Waals surface area contributed by atoms with Gasteiger partial charge in [0.05, 0.1) is 32.6 Å². The number of hydrogen-bond acceptors (Lipinski definition) is 5. The number of anilines is 1. The van der Waals surface area contributed by atoms with Crippen LogP contribution in [0.25, 0.3) is 6.08 Å². The molecule has 0 bridgehead atoms. The van der Waals surface area contributed by atoms with E-state index in [1.54, 1.807) is 6.07 Å². The number of halogens is 3. The first-order valence-corrected chi connectivity index (χ1v) is 8.14. The standard InChI is InChI=1S/C20H17F3N2O4/c1-27-16-9-12(10-17(28-2)18(16)29-3)8-13(11-24)19(26)25-15-7-5-4-6-14(15)20(21,22)23/h4-10H,1-3H3,(H,25,26). The molecule has 0 aromatic heterocycles. The van der Waals surface area contributed by atoms with Crippen LogP contribution in [0.15, 0.2) is 42.0 Å². The number of nitrogens with one attached hydrogen (secondary N) is 1. The van der Waals surface area contributed by atoms with Gasteiger partial charge in [-0.25, -0.2) is 0 Å². The average Bonchev–Trinajstić information content (AvgIpc) is 2.70. The lowest BCUT2D eigenvalue weighted by atomic mass is 10.1. The molecular weight excluding hydrogens is 389 g/mol. The van der Waals surface area contributed by atoms with Crippen molar-refractivity contribution in [3.63, 3.8) is 0 Å². The third-order valence-electron chi connectivity index (χ3n) is 3.84. The molecule has 0 aliphatic heterocycles. The summed E-state index contributed by atoms with van der Waals surface area (Å²) in [6.07, 6.45) is -3.45. The third-order valence-corrected chi connectivity index (χ3v) is 3.84. The highest BCUT2D eigenvalue weighted by Gasteiger charge is 2.33. The molecule has 2 rings (SSSR count). The van der Waals surface area contributed by atoms with Gasteiger partial charge in [-0.3, -0.25) is 4.79 Å². The lowest BCUT2D eigenvalue weighted by Crippen LogP contribution is -2.17. The van der Waals surface area contributed by atoms with Gasteiger partial charge in [-0.15, -0.1) is 0 Å². The Balaban J connectivity index is 2.41. The Morgan fingerprint density at radius 2 is 1.66 bits per heavy atom. The lowest BCUT2D eigenvalue weighted by molar-refractivity contribution is -0.137. The Labute approximate surface area is 165 Å². The van der Waals surface area contributed by atoms with Crippen molar-refractivity contribution in [2.45, 2.75) is 6.18 Å². The number of hydrogen-bond donors (Lipinski definition) is 1. The fourth-order valence-electron chi connectivity index (χ4n) is 2.53. The van der Waals surface area contributed by atoms with Gasteiger partial charge in [0.15, 0.2) is 11.5 Å². The van der Waals surface area contributed by atoms with Gasteiger partial charge in [0, 0.05) is 0 Å². The summed E-state index contributed by atoms with van der Waals surface area (Å²) in [5, 5.41) is 11.5. The molecule has 0 radical (unpaired) electrons. The Bertz CT molecular complexity index is 953. The minimum Gasteiger partial charge on any atom is -0.493 e. The summed E-state index contributed by atoms with van der Waals surface area (Å²) in [7, 11) is 4.22. The molecule has 6 nitrogen and oxygen atoms in total. The first-order chi connectivity index (χ1) is 13.7. The van der Waals surface area contributed by atoms with E-state index < -0.39 is 28.9 Å². The van der Waals surface area contributed by atoms with Crippen molar-refractivity contribution in [3.05, 3.63) is 53.1 Å². The predicted octanol–water partition coefficient (Wildman–Crippen LogP) is 4.28. The zero-order valence-corrected chi connectivity index (χ0v) is 15.8. The van der Waals surface area contributed by atoms with E-state index in [1.165, 1.54) is 51.7 Å². The molecule has 1 N–H and O–H groups in total. The molecule has 9 heteroatoms. The second-order valence-electron chi connectivity index (χ2n) is 5.63. The normalized spacial score (nSPS) is 11.4. The Kier molecular flexibility index (Phi) is 6.72. The summed E-state index contributed by atoms with van der Waals surface area (Å²) < 4.78 is 54.9. The summed E-state index contributed by atoms with van der Waals surface area (Å²) in [6.45, 7) is 0. The maximum Gasteiger partial charge on any atom is 0.418 e. The van der Waals surface area contributed by atoms with Crippen molar-refractivity contribution < 1.29 is 32.2 Å². The summed E-state index contributed by atoms with van der Waals surface area (Å²) in [5.41, 5.74) is -1.51. The number of rotatable bonds is 6. The second kappa shape index (κ2) is 9.01. The van der Waals surface area contributed by atoms with Gasteiger partial charge >= 0.3 is 6.18 Å². The topological polar surface area (TPSA) is 80.6 Å². The van der Waals surface area contributed by atoms with Crippen molar-refractivity contribution in [1.29, 1.82) is 5.26 Å². The van der Waals surface area contributed by atoms with E-state index in [4.69, 9.17) is 14.2 Å². The Hall–Kier alpha value is -3.67. The van der Waals surface area contributed by atoms with Gasteiger partial charge in [-0.05, 0) is 35.9 Å². The fourth-order valence-corrected chi connectivity index (χ4v) is 2.53. The summed E-state index contributed by atoms with van der Waals surface area (Å²) in [5.74, 6) is -0.0939. The smallest absolute Gasteiger partial charge is 0.418 e. The molecular formula is C20H17F3N2O4. The molecule has 152 valence electrons. The number of carbonyl (C=O) groups excluding carboxylic acids is 1. The van der Waals surface area contributed by atoms with Gasteiger partial charge in [0.2, 0.25) is 5.75 Å². The van der Waals surface area contributed by atoms with E-state index in [0.717, 1.165) is 12.1 Å². The number of amides is 1. The van der Waals surface area contributed by atoms with Crippen LogP contribution in [0, 0.1) is 11.3 Å².